The third-order valence-electron chi connectivity index (χ3n) is 3.70. The van der Waals surface area contributed by atoms with Crippen molar-refractivity contribution in [3.8, 4) is 0 Å². The number of anilines is 1. The summed E-state index contributed by atoms with van der Waals surface area (Å²) in [7, 11) is 0. The Morgan fingerprint density at radius 3 is 2.71 bits per heavy atom. The van der Waals surface area contributed by atoms with Crippen LogP contribution in [0.4, 0.5) is 5.69 Å². The molecule has 2 aromatic rings. The molecule has 21 heavy (non-hydrogen) atoms. The number of nitrogen functional groups attached to an aromatic ring is 1. The molecule has 0 aliphatic rings. The van der Waals surface area contributed by atoms with Gasteiger partial charge in [0.1, 0.15) is 0 Å². The van der Waals surface area contributed by atoms with Gasteiger partial charge >= 0.3 is 0 Å². The first-order chi connectivity index (χ1) is 9.99. The number of hydrogen-bond acceptors (Lipinski definition) is 3. The second-order valence-electron chi connectivity index (χ2n) is 5.40. The molecule has 0 aliphatic carbocycles. The molecule has 1 aromatic carbocycles. The van der Waals surface area contributed by atoms with Crippen molar-refractivity contribution >= 4 is 11.6 Å². The van der Waals surface area contributed by atoms with Crippen LogP contribution < -0.4 is 11.1 Å². The maximum Gasteiger partial charge on any atom is 0.251 e. The van der Waals surface area contributed by atoms with Gasteiger partial charge in [-0.2, -0.15) is 5.10 Å². The van der Waals surface area contributed by atoms with Gasteiger partial charge in [0.05, 0.1) is 6.20 Å². The number of aromatic nitrogens is 2. The van der Waals surface area contributed by atoms with E-state index in [2.05, 4.69) is 15.5 Å². The number of nitrogens with two attached hydrogens (primary N) is 1. The van der Waals surface area contributed by atoms with Crippen molar-refractivity contribution < 1.29 is 4.79 Å². The Labute approximate surface area is 124 Å². The topological polar surface area (TPSA) is 83.8 Å². The van der Waals surface area contributed by atoms with Gasteiger partial charge in [-0.15, -0.1) is 0 Å². The van der Waals surface area contributed by atoms with Crippen molar-refractivity contribution in [2.45, 2.75) is 33.6 Å². The van der Waals surface area contributed by atoms with Gasteiger partial charge in [-0.25, -0.2) is 0 Å². The van der Waals surface area contributed by atoms with E-state index in [4.69, 9.17) is 5.73 Å². The van der Waals surface area contributed by atoms with Crippen LogP contribution in [-0.4, -0.2) is 22.6 Å². The molecule has 0 radical (unpaired) electrons. The van der Waals surface area contributed by atoms with E-state index in [1.807, 2.05) is 33.0 Å². The molecule has 0 unspecified atom stereocenters. The van der Waals surface area contributed by atoms with Crippen LogP contribution in [0.25, 0.3) is 0 Å². The number of aromatic amines is 1. The summed E-state index contributed by atoms with van der Waals surface area (Å²) in [6.07, 6.45) is 3.62. The van der Waals surface area contributed by atoms with E-state index in [1.54, 1.807) is 6.07 Å². The number of H-pyrrole nitrogens is 1. The van der Waals surface area contributed by atoms with Gasteiger partial charge in [0.2, 0.25) is 0 Å². The lowest BCUT2D eigenvalue weighted by atomic mass is 10.0. The van der Waals surface area contributed by atoms with Crippen molar-refractivity contribution in [3.05, 3.63) is 46.3 Å². The van der Waals surface area contributed by atoms with Crippen LogP contribution in [0.1, 0.15) is 39.2 Å². The van der Waals surface area contributed by atoms with Crippen molar-refractivity contribution in [2.24, 2.45) is 0 Å². The highest BCUT2D eigenvalue weighted by molar-refractivity contribution is 5.96. The van der Waals surface area contributed by atoms with Crippen LogP contribution in [0.3, 0.4) is 0 Å². The first-order valence-electron chi connectivity index (χ1n) is 7.13. The number of carbonyl (C=O) groups is 1. The predicted molar refractivity (Wildman–Crippen MR) is 84.3 cm³/mol. The van der Waals surface area contributed by atoms with Gasteiger partial charge in [0.25, 0.3) is 5.91 Å². The molecular formula is C16H22N4O. The fourth-order valence-corrected chi connectivity index (χ4v) is 2.32. The Hall–Kier alpha value is -2.30. The number of benzene rings is 1. The molecule has 0 bridgehead atoms. The van der Waals surface area contributed by atoms with E-state index in [-0.39, 0.29) is 5.91 Å². The number of amides is 1. The summed E-state index contributed by atoms with van der Waals surface area (Å²) in [6.45, 7) is 6.50. The fraction of sp³-hybridized carbons (Fsp3) is 0.375. The largest absolute Gasteiger partial charge is 0.398 e. The van der Waals surface area contributed by atoms with Gasteiger partial charge in [-0.1, -0.05) is 6.07 Å². The summed E-state index contributed by atoms with van der Waals surface area (Å²) in [5.74, 6) is -0.0666. The summed E-state index contributed by atoms with van der Waals surface area (Å²) in [5, 5.41) is 9.84. The Balaban J connectivity index is 1.88. The number of rotatable bonds is 5. The lowest BCUT2D eigenvalue weighted by molar-refractivity contribution is 0.0952. The summed E-state index contributed by atoms with van der Waals surface area (Å²) < 4.78 is 0. The van der Waals surface area contributed by atoms with E-state index in [9.17, 15) is 4.79 Å². The SMILES string of the molecule is Cc1cc(C)c(C(=O)NCCCc2cn[nH]c2C)cc1N. The molecule has 5 heteroatoms. The van der Waals surface area contributed by atoms with E-state index in [1.165, 1.54) is 5.56 Å². The van der Waals surface area contributed by atoms with Crippen LogP contribution in [0.15, 0.2) is 18.3 Å². The normalized spacial score (nSPS) is 10.6. The zero-order chi connectivity index (χ0) is 15.4. The average Bonchev–Trinajstić information content (AvgIpc) is 2.84. The molecule has 0 saturated carbocycles. The lowest BCUT2D eigenvalue weighted by Gasteiger charge is -2.10. The second kappa shape index (κ2) is 6.43. The van der Waals surface area contributed by atoms with Gasteiger partial charge in [-0.05, 0) is 56.4 Å². The second-order valence-corrected chi connectivity index (χ2v) is 5.40. The van der Waals surface area contributed by atoms with Crippen LogP contribution in [-0.2, 0) is 6.42 Å². The van der Waals surface area contributed by atoms with E-state index < -0.39 is 0 Å². The summed E-state index contributed by atoms with van der Waals surface area (Å²) in [5.41, 5.74) is 11.4. The van der Waals surface area contributed by atoms with E-state index >= 15 is 0 Å². The molecule has 1 amide bonds. The molecule has 1 aromatic heterocycles. The summed E-state index contributed by atoms with van der Waals surface area (Å²) in [6, 6.07) is 3.69. The highest BCUT2D eigenvalue weighted by Gasteiger charge is 2.10. The van der Waals surface area contributed by atoms with E-state index in [0.29, 0.717) is 17.8 Å². The quantitative estimate of drug-likeness (QED) is 0.582. The third kappa shape index (κ3) is 3.62. The standard InChI is InChI=1S/C16H22N4O/c1-10-7-11(2)15(17)8-14(10)16(21)18-6-4-5-13-9-19-20-12(13)3/h7-9H,4-6,17H2,1-3H3,(H,18,21)(H,19,20). The molecule has 0 fully saturated rings. The highest BCUT2D eigenvalue weighted by Crippen LogP contribution is 2.17. The Kier molecular flexibility index (Phi) is 4.62. The number of hydrogen-bond donors (Lipinski definition) is 3. The Bertz CT molecular complexity index is 646. The van der Waals surface area contributed by atoms with Gasteiger partial charge in [0.15, 0.2) is 0 Å². The lowest BCUT2D eigenvalue weighted by Crippen LogP contribution is -2.25. The molecule has 5 nitrogen and oxygen atoms in total. The number of nitrogens with zero attached hydrogens (tertiary/aromatic N) is 1. The average molecular weight is 286 g/mol. The molecule has 4 N–H and O–H groups in total. The predicted octanol–water partition coefficient (Wildman–Crippen LogP) is 2.28. The minimum Gasteiger partial charge on any atom is -0.398 e. The molecule has 0 saturated heterocycles. The first-order valence-corrected chi connectivity index (χ1v) is 7.13. The summed E-state index contributed by atoms with van der Waals surface area (Å²) in [4.78, 5) is 12.2. The van der Waals surface area contributed by atoms with E-state index in [0.717, 1.165) is 29.7 Å². The number of nitrogens with one attached hydrogen (secondary N) is 2. The van der Waals surface area contributed by atoms with Crippen LogP contribution in [0.5, 0.6) is 0 Å². The zero-order valence-corrected chi connectivity index (χ0v) is 12.8. The number of aryl methyl sites for hydroxylation is 4. The maximum absolute atomic E-state index is 12.2. The van der Waals surface area contributed by atoms with Crippen LogP contribution in [0.2, 0.25) is 0 Å². The van der Waals surface area contributed by atoms with Crippen LogP contribution >= 0.6 is 0 Å². The molecular weight excluding hydrogens is 264 g/mol. The van der Waals surface area contributed by atoms with Gasteiger partial charge in [-0.3, -0.25) is 9.89 Å². The minimum absolute atomic E-state index is 0.0666. The Morgan fingerprint density at radius 2 is 2.05 bits per heavy atom. The smallest absolute Gasteiger partial charge is 0.251 e. The molecule has 2 rings (SSSR count). The monoisotopic (exact) mass is 286 g/mol. The van der Waals surface area contributed by atoms with Crippen LogP contribution in [0, 0.1) is 20.8 Å². The fourth-order valence-electron chi connectivity index (χ4n) is 2.32. The molecule has 0 spiro atoms. The van der Waals surface area contributed by atoms with Crippen molar-refractivity contribution in [2.75, 3.05) is 12.3 Å². The summed E-state index contributed by atoms with van der Waals surface area (Å²) >= 11 is 0. The Morgan fingerprint density at radius 1 is 1.29 bits per heavy atom. The number of carbonyl (C=O) groups excluding carboxylic acids is 1. The maximum atomic E-state index is 12.2. The molecule has 1 heterocycles. The molecule has 0 atom stereocenters. The van der Waals surface area contributed by atoms with Crippen molar-refractivity contribution in [1.82, 2.24) is 15.5 Å². The van der Waals surface area contributed by atoms with Gasteiger partial charge < -0.3 is 11.1 Å². The first kappa shape index (κ1) is 15.1. The van der Waals surface area contributed by atoms with Gasteiger partial charge in [0, 0.05) is 23.5 Å². The highest BCUT2D eigenvalue weighted by atomic mass is 16.1. The van der Waals surface area contributed by atoms with Crippen molar-refractivity contribution in [3.63, 3.8) is 0 Å². The minimum atomic E-state index is -0.0666. The molecule has 112 valence electrons. The zero-order valence-electron chi connectivity index (χ0n) is 12.8. The third-order valence-corrected chi connectivity index (χ3v) is 3.70. The molecule has 0 aliphatic heterocycles. The van der Waals surface area contributed by atoms with Crippen molar-refractivity contribution in [1.29, 1.82) is 0 Å².